The molecular weight excluding hydrogens is 433 g/mol. The van der Waals surface area contributed by atoms with Crippen molar-refractivity contribution in [1.29, 1.82) is 0 Å². The summed E-state index contributed by atoms with van der Waals surface area (Å²) >= 11 is 0. The molecule has 0 bridgehead atoms. The second-order valence-corrected chi connectivity index (χ2v) is 8.44. The van der Waals surface area contributed by atoms with E-state index in [0.717, 1.165) is 23.4 Å². The lowest BCUT2D eigenvalue weighted by molar-refractivity contribution is -0.123. The van der Waals surface area contributed by atoms with Crippen molar-refractivity contribution >= 4 is 15.9 Å². The number of carbonyl (C=O) groups is 1. The minimum atomic E-state index is -4.53. The minimum absolute atomic E-state index is 0.0775. The Morgan fingerprint density at radius 1 is 1.10 bits per heavy atom. The largest absolute Gasteiger partial charge is 0.405 e. The summed E-state index contributed by atoms with van der Waals surface area (Å²) in [6.45, 7) is 0.216. The van der Waals surface area contributed by atoms with Gasteiger partial charge in [-0.05, 0) is 48.9 Å². The van der Waals surface area contributed by atoms with E-state index in [1.54, 1.807) is 43.1 Å². The van der Waals surface area contributed by atoms with Crippen LogP contribution in [0.4, 0.5) is 13.2 Å². The highest BCUT2D eigenvalue weighted by atomic mass is 32.2. The number of sulfonamides is 1. The lowest BCUT2D eigenvalue weighted by Crippen LogP contribution is -2.33. The topological polar surface area (TPSA) is 93.1 Å². The highest BCUT2D eigenvalue weighted by molar-refractivity contribution is 7.89. The van der Waals surface area contributed by atoms with Crippen LogP contribution in [0.15, 0.2) is 72.1 Å². The maximum atomic E-state index is 12.6. The number of nitrogens with one attached hydrogen (secondary N) is 2. The first-order valence-corrected chi connectivity index (χ1v) is 10.6. The molecule has 1 heterocycles. The van der Waals surface area contributed by atoms with Crippen LogP contribution in [0.25, 0.3) is 5.69 Å². The number of aromatic nitrogens is 2. The summed E-state index contributed by atoms with van der Waals surface area (Å²) in [7, 11) is -3.92. The summed E-state index contributed by atoms with van der Waals surface area (Å²) in [5, 5.41) is 1.73. The summed E-state index contributed by atoms with van der Waals surface area (Å²) in [6, 6.07) is 11.3. The fourth-order valence-corrected chi connectivity index (χ4v) is 4.02. The normalized spacial score (nSPS) is 13.0. The van der Waals surface area contributed by atoms with E-state index in [2.05, 4.69) is 9.71 Å². The Hall–Kier alpha value is -3.18. The molecule has 7 nitrogen and oxygen atoms in total. The summed E-state index contributed by atoms with van der Waals surface area (Å²) in [5.74, 6) is -0.944. The number of nitrogens with zero attached hydrogens (tertiary/aromatic N) is 2. The van der Waals surface area contributed by atoms with Crippen LogP contribution in [0.2, 0.25) is 0 Å². The molecule has 3 aromatic rings. The molecule has 0 radical (unpaired) electrons. The van der Waals surface area contributed by atoms with Gasteiger partial charge in [-0.2, -0.15) is 13.2 Å². The van der Waals surface area contributed by atoms with Gasteiger partial charge in [0.1, 0.15) is 6.54 Å². The van der Waals surface area contributed by atoms with Crippen LogP contribution in [-0.2, 0) is 10.0 Å². The van der Waals surface area contributed by atoms with Gasteiger partial charge >= 0.3 is 6.18 Å². The Bertz CT molecular complexity index is 1130. The van der Waals surface area contributed by atoms with Gasteiger partial charge in [-0.1, -0.05) is 12.1 Å². The molecule has 0 aliphatic rings. The highest BCUT2D eigenvalue weighted by Gasteiger charge is 2.28. The van der Waals surface area contributed by atoms with Crippen LogP contribution in [0.1, 0.15) is 28.9 Å². The van der Waals surface area contributed by atoms with E-state index in [9.17, 15) is 26.4 Å². The molecule has 3 rings (SSSR count). The second-order valence-electron chi connectivity index (χ2n) is 6.73. The van der Waals surface area contributed by atoms with Crippen molar-refractivity contribution < 1.29 is 26.4 Å². The first-order valence-electron chi connectivity index (χ1n) is 9.11. The third-order valence-electron chi connectivity index (χ3n) is 4.40. The zero-order valence-electron chi connectivity index (χ0n) is 16.3. The third-order valence-corrected chi connectivity index (χ3v) is 5.96. The molecule has 1 amide bonds. The maximum Gasteiger partial charge on any atom is 0.405 e. The van der Waals surface area contributed by atoms with E-state index in [1.165, 1.54) is 12.1 Å². The van der Waals surface area contributed by atoms with Crippen molar-refractivity contribution in [3.63, 3.8) is 0 Å². The van der Waals surface area contributed by atoms with E-state index >= 15 is 0 Å². The lowest BCUT2D eigenvalue weighted by Gasteiger charge is -2.15. The predicted molar refractivity (Wildman–Crippen MR) is 107 cm³/mol. The molecule has 0 unspecified atom stereocenters. The van der Waals surface area contributed by atoms with Gasteiger partial charge in [0, 0.05) is 29.7 Å². The third kappa shape index (κ3) is 5.92. The van der Waals surface area contributed by atoms with Crippen molar-refractivity contribution in [3.05, 3.63) is 78.4 Å². The van der Waals surface area contributed by atoms with Crippen molar-refractivity contribution in [1.82, 2.24) is 19.6 Å². The molecule has 0 aliphatic carbocycles. The number of halogens is 3. The number of hydrogen-bond donors (Lipinski definition) is 2. The Morgan fingerprint density at radius 3 is 2.29 bits per heavy atom. The zero-order chi connectivity index (χ0) is 22.6. The Morgan fingerprint density at radius 2 is 1.74 bits per heavy atom. The van der Waals surface area contributed by atoms with Crippen LogP contribution in [-0.4, -0.2) is 36.6 Å². The van der Waals surface area contributed by atoms with Gasteiger partial charge in [0.25, 0.3) is 5.91 Å². The molecule has 31 heavy (non-hydrogen) atoms. The summed E-state index contributed by atoms with van der Waals surface area (Å²) in [5.41, 5.74) is 1.53. The average molecular weight is 452 g/mol. The van der Waals surface area contributed by atoms with Gasteiger partial charge in [-0.15, -0.1) is 0 Å². The Labute approximate surface area is 177 Å². The molecule has 0 saturated heterocycles. The summed E-state index contributed by atoms with van der Waals surface area (Å²) in [4.78, 5) is 15.6. The molecule has 0 spiro atoms. The van der Waals surface area contributed by atoms with E-state index in [4.69, 9.17) is 0 Å². The molecular formula is C20H19F3N4O3S. The zero-order valence-corrected chi connectivity index (χ0v) is 17.1. The number of imidazole rings is 1. The van der Waals surface area contributed by atoms with Crippen molar-refractivity contribution in [2.75, 3.05) is 6.54 Å². The van der Waals surface area contributed by atoms with Gasteiger partial charge in [-0.25, -0.2) is 18.1 Å². The number of benzene rings is 2. The first-order chi connectivity index (χ1) is 14.5. The lowest BCUT2D eigenvalue weighted by atomic mass is 10.1. The average Bonchev–Trinajstić information content (AvgIpc) is 3.26. The summed E-state index contributed by atoms with van der Waals surface area (Å²) < 4.78 is 66.2. The second kappa shape index (κ2) is 8.90. The number of rotatable bonds is 7. The first kappa shape index (κ1) is 22.5. The molecule has 2 N–H and O–H groups in total. The number of carbonyl (C=O) groups excluding carboxylic acids is 1. The van der Waals surface area contributed by atoms with Crippen LogP contribution in [0.3, 0.4) is 0 Å². The highest BCUT2D eigenvalue weighted by Crippen LogP contribution is 2.19. The van der Waals surface area contributed by atoms with Gasteiger partial charge in [0.15, 0.2) is 0 Å². The molecule has 2 aromatic carbocycles. The molecule has 0 aliphatic heterocycles. The number of alkyl halides is 3. The van der Waals surface area contributed by atoms with Gasteiger partial charge in [-0.3, -0.25) is 4.79 Å². The molecule has 1 aromatic heterocycles. The molecule has 0 fully saturated rings. The fourth-order valence-electron chi connectivity index (χ4n) is 2.78. The quantitative estimate of drug-likeness (QED) is 0.576. The Balaban J connectivity index is 1.66. The summed E-state index contributed by atoms with van der Waals surface area (Å²) in [6.07, 6.45) is 0.550. The SMILES string of the molecule is C[C@H](NS(=O)(=O)c1ccc(C(=O)NCC(F)(F)F)cc1)c1ccc(-n2ccnc2)cc1. The van der Waals surface area contributed by atoms with Crippen molar-refractivity contribution in [2.24, 2.45) is 0 Å². The standard InChI is InChI=1S/C20H19F3N4O3S/c1-14(15-2-6-17(7-3-15)27-11-10-24-13-27)26-31(29,30)18-8-4-16(5-9-18)19(28)25-12-20(21,22)23/h2-11,13-14,26H,12H2,1H3,(H,25,28)/t14-/m0/s1. The van der Waals surface area contributed by atoms with Crippen LogP contribution < -0.4 is 10.0 Å². The van der Waals surface area contributed by atoms with E-state index in [-0.39, 0.29) is 10.5 Å². The van der Waals surface area contributed by atoms with Crippen molar-refractivity contribution in [3.8, 4) is 5.69 Å². The van der Waals surface area contributed by atoms with Gasteiger partial charge < -0.3 is 9.88 Å². The van der Waals surface area contributed by atoms with E-state index in [1.807, 2.05) is 16.7 Å². The van der Waals surface area contributed by atoms with Gasteiger partial charge in [0.05, 0.1) is 11.2 Å². The number of hydrogen-bond acceptors (Lipinski definition) is 4. The van der Waals surface area contributed by atoms with Crippen LogP contribution >= 0.6 is 0 Å². The predicted octanol–water partition coefficient (Wildman–Crippen LogP) is 3.20. The monoisotopic (exact) mass is 452 g/mol. The van der Waals surface area contributed by atoms with Crippen LogP contribution in [0, 0.1) is 0 Å². The van der Waals surface area contributed by atoms with E-state index < -0.39 is 34.7 Å². The molecule has 11 heteroatoms. The fraction of sp³-hybridized carbons (Fsp3) is 0.200. The van der Waals surface area contributed by atoms with Crippen molar-refractivity contribution in [2.45, 2.75) is 24.0 Å². The molecule has 164 valence electrons. The van der Waals surface area contributed by atoms with E-state index in [0.29, 0.717) is 0 Å². The number of amides is 1. The minimum Gasteiger partial charge on any atom is -0.343 e. The maximum absolute atomic E-state index is 12.6. The Kier molecular flexibility index (Phi) is 6.46. The van der Waals surface area contributed by atoms with Crippen LogP contribution in [0.5, 0.6) is 0 Å². The molecule has 1 atom stereocenters. The smallest absolute Gasteiger partial charge is 0.343 e. The molecule has 0 saturated carbocycles. The van der Waals surface area contributed by atoms with Gasteiger partial charge in [0.2, 0.25) is 10.0 Å².